The van der Waals surface area contributed by atoms with Crippen molar-refractivity contribution < 1.29 is 9.90 Å². The van der Waals surface area contributed by atoms with Gasteiger partial charge in [-0.15, -0.1) is 21.5 Å². The number of thiazole rings is 2. The molecule has 0 atom stereocenters. The Labute approximate surface area is 174 Å². The van der Waals surface area contributed by atoms with Crippen LogP contribution in [0.5, 0.6) is 0 Å². The SMILES string of the molecule is CCCN(c1cc(C)c(Nc2nc3ccccc3s2)nn1)c1nc(C(=O)O)cs1. The van der Waals surface area contributed by atoms with Gasteiger partial charge >= 0.3 is 5.97 Å². The third-order valence-corrected chi connectivity index (χ3v) is 5.97. The van der Waals surface area contributed by atoms with Gasteiger partial charge in [0.1, 0.15) is 0 Å². The molecule has 0 aliphatic rings. The fourth-order valence-corrected chi connectivity index (χ4v) is 4.47. The second kappa shape index (κ2) is 8.10. The highest BCUT2D eigenvalue weighted by atomic mass is 32.1. The van der Waals surface area contributed by atoms with E-state index in [1.165, 1.54) is 16.7 Å². The van der Waals surface area contributed by atoms with Crippen molar-refractivity contribution in [2.45, 2.75) is 20.3 Å². The molecule has 10 heteroatoms. The number of carboxylic acids is 1. The van der Waals surface area contributed by atoms with Gasteiger partial charge in [0, 0.05) is 11.9 Å². The Kier molecular flexibility index (Phi) is 5.36. The summed E-state index contributed by atoms with van der Waals surface area (Å²) in [5.74, 6) is 0.224. The molecular weight excluding hydrogens is 408 g/mol. The largest absolute Gasteiger partial charge is 0.476 e. The summed E-state index contributed by atoms with van der Waals surface area (Å²) in [6, 6.07) is 9.87. The maximum atomic E-state index is 11.2. The summed E-state index contributed by atoms with van der Waals surface area (Å²) in [7, 11) is 0. The van der Waals surface area contributed by atoms with Gasteiger partial charge < -0.3 is 15.3 Å². The number of nitrogens with zero attached hydrogens (tertiary/aromatic N) is 5. The van der Waals surface area contributed by atoms with Crippen LogP contribution in [-0.4, -0.2) is 37.8 Å². The normalized spacial score (nSPS) is 11.0. The number of aromatic nitrogens is 4. The number of carboxylic acid groups (broad SMARTS) is 1. The molecule has 0 saturated heterocycles. The molecule has 0 fully saturated rings. The highest BCUT2D eigenvalue weighted by Crippen LogP contribution is 2.31. The first kappa shape index (κ1) is 19.2. The minimum Gasteiger partial charge on any atom is -0.476 e. The van der Waals surface area contributed by atoms with Gasteiger partial charge in [0.2, 0.25) is 0 Å². The molecule has 3 aromatic heterocycles. The summed E-state index contributed by atoms with van der Waals surface area (Å²) in [4.78, 5) is 21.8. The van der Waals surface area contributed by atoms with E-state index in [4.69, 9.17) is 5.11 Å². The van der Waals surface area contributed by atoms with E-state index < -0.39 is 5.97 Å². The van der Waals surface area contributed by atoms with Gasteiger partial charge in [-0.3, -0.25) is 0 Å². The second-order valence-electron chi connectivity index (χ2n) is 6.32. The summed E-state index contributed by atoms with van der Waals surface area (Å²) in [5.41, 5.74) is 1.88. The Bertz CT molecular complexity index is 1140. The quantitative estimate of drug-likeness (QED) is 0.432. The number of aromatic carboxylic acids is 1. The number of rotatable bonds is 7. The van der Waals surface area contributed by atoms with Crippen LogP contribution in [0.25, 0.3) is 10.2 Å². The van der Waals surface area contributed by atoms with E-state index in [9.17, 15) is 4.79 Å². The van der Waals surface area contributed by atoms with Gasteiger partial charge in [-0.25, -0.2) is 14.8 Å². The monoisotopic (exact) mass is 426 g/mol. The molecule has 0 saturated carbocycles. The average molecular weight is 427 g/mol. The standard InChI is InChI=1S/C19H18N6O2S2/c1-3-8-25(19-21-13(10-28-19)17(26)27)15-9-11(2)16(24-23-15)22-18-20-12-6-4-5-7-14(12)29-18/h4-7,9-10H,3,8H2,1-2H3,(H,26,27)(H,20,22,24). The maximum absolute atomic E-state index is 11.2. The summed E-state index contributed by atoms with van der Waals surface area (Å²) < 4.78 is 1.10. The zero-order valence-corrected chi connectivity index (χ0v) is 17.4. The molecule has 3 heterocycles. The lowest BCUT2D eigenvalue weighted by molar-refractivity contribution is 0.0691. The molecule has 4 aromatic rings. The molecule has 1 aromatic carbocycles. The van der Waals surface area contributed by atoms with Gasteiger partial charge in [0.15, 0.2) is 27.6 Å². The van der Waals surface area contributed by atoms with Crippen molar-refractivity contribution in [3.05, 3.63) is 47.0 Å². The number of nitrogens with one attached hydrogen (secondary N) is 1. The third-order valence-electron chi connectivity index (χ3n) is 4.16. The van der Waals surface area contributed by atoms with Crippen LogP contribution in [0.2, 0.25) is 0 Å². The van der Waals surface area contributed by atoms with Crippen LogP contribution in [-0.2, 0) is 0 Å². The number of fused-ring (bicyclic) bond motifs is 1. The van der Waals surface area contributed by atoms with Gasteiger partial charge in [-0.05, 0) is 37.1 Å². The van der Waals surface area contributed by atoms with Crippen molar-refractivity contribution in [1.82, 2.24) is 20.2 Å². The number of anilines is 4. The predicted octanol–water partition coefficient (Wildman–Crippen LogP) is 4.84. The van der Waals surface area contributed by atoms with Gasteiger partial charge in [-0.2, -0.15) is 0 Å². The van der Waals surface area contributed by atoms with Crippen molar-refractivity contribution in [3.63, 3.8) is 0 Å². The first-order valence-electron chi connectivity index (χ1n) is 8.98. The number of hydrogen-bond donors (Lipinski definition) is 2. The zero-order valence-electron chi connectivity index (χ0n) is 15.8. The lowest BCUT2D eigenvalue weighted by Crippen LogP contribution is -2.20. The number of hydrogen-bond acceptors (Lipinski definition) is 9. The Morgan fingerprint density at radius 2 is 2.07 bits per heavy atom. The minimum atomic E-state index is -1.04. The first-order valence-corrected chi connectivity index (χ1v) is 10.7. The molecular formula is C19H18N6O2S2. The molecule has 148 valence electrons. The molecule has 29 heavy (non-hydrogen) atoms. The van der Waals surface area contributed by atoms with Crippen molar-refractivity contribution >= 4 is 60.8 Å². The van der Waals surface area contributed by atoms with E-state index in [1.807, 2.05) is 49.1 Å². The minimum absolute atomic E-state index is 0.0323. The Morgan fingerprint density at radius 1 is 1.24 bits per heavy atom. The fourth-order valence-electron chi connectivity index (χ4n) is 2.77. The molecule has 0 unspecified atom stereocenters. The lowest BCUT2D eigenvalue weighted by atomic mass is 10.3. The van der Waals surface area contributed by atoms with Crippen molar-refractivity contribution in [2.24, 2.45) is 0 Å². The Morgan fingerprint density at radius 3 is 2.76 bits per heavy atom. The third kappa shape index (κ3) is 4.03. The van der Waals surface area contributed by atoms with E-state index in [2.05, 4.69) is 25.5 Å². The molecule has 2 N–H and O–H groups in total. The lowest BCUT2D eigenvalue weighted by Gasteiger charge is -2.20. The molecule has 0 amide bonds. The number of para-hydroxylation sites is 1. The van der Waals surface area contributed by atoms with E-state index in [0.717, 1.165) is 27.3 Å². The van der Waals surface area contributed by atoms with Crippen LogP contribution in [0.3, 0.4) is 0 Å². The van der Waals surface area contributed by atoms with Gasteiger partial charge in [0.05, 0.1) is 10.2 Å². The number of carbonyl (C=O) groups is 1. The van der Waals surface area contributed by atoms with Crippen LogP contribution < -0.4 is 10.2 Å². The summed E-state index contributed by atoms with van der Waals surface area (Å²) >= 11 is 2.84. The molecule has 0 radical (unpaired) electrons. The van der Waals surface area contributed by atoms with E-state index >= 15 is 0 Å². The fraction of sp³-hybridized carbons (Fsp3) is 0.211. The van der Waals surface area contributed by atoms with Crippen molar-refractivity contribution in [3.8, 4) is 0 Å². The Hall–Kier alpha value is -3.11. The zero-order chi connectivity index (χ0) is 20.4. The molecule has 0 spiro atoms. The van der Waals surface area contributed by atoms with Gasteiger partial charge in [-0.1, -0.05) is 30.4 Å². The predicted molar refractivity (Wildman–Crippen MR) is 116 cm³/mol. The van der Waals surface area contributed by atoms with E-state index in [0.29, 0.717) is 23.3 Å². The highest BCUT2D eigenvalue weighted by molar-refractivity contribution is 7.22. The van der Waals surface area contributed by atoms with Crippen LogP contribution >= 0.6 is 22.7 Å². The highest BCUT2D eigenvalue weighted by Gasteiger charge is 2.18. The molecule has 0 aliphatic heterocycles. The topological polar surface area (TPSA) is 104 Å². The Balaban J connectivity index is 1.60. The van der Waals surface area contributed by atoms with Crippen molar-refractivity contribution in [2.75, 3.05) is 16.8 Å². The molecule has 0 aliphatic carbocycles. The first-order chi connectivity index (χ1) is 14.0. The summed E-state index contributed by atoms with van der Waals surface area (Å²) in [5, 5.41) is 23.9. The van der Waals surface area contributed by atoms with Crippen LogP contribution in [0.4, 0.5) is 21.9 Å². The summed E-state index contributed by atoms with van der Waals surface area (Å²) in [6.45, 7) is 4.65. The average Bonchev–Trinajstić information content (AvgIpc) is 3.34. The molecule has 0 bridgehead atoms. The van der Waals surface area contributed by atoms with Crippen LogP contribution in [0.1, 0.15) is 29.4 Å². The van der Waals surface area contributed by atoms with E-state index in [-0.39, 0.29) is 5.69 Å². The summed E-state index contributed by atoms with van der Waals surface area (Å²) in [6.07, 6.45) is 0.856. The molecule has 4 rings (SSSR count). The van der Waals surface area contributed by atoms with Crippen molar-refractivity contribution in [1.29, 1.82) is 0 Å². The number of benzene rings is 1. The number of aryl methyl sites for hydroxylation is 1. The molecule has 8 nitrogen and oxygen atoms in total. The van der Waals surface area contributed by atoms with E-state index in [1.54, 1.807) is 11.3 Å². The maximum Gasteiger partial charge on any atom is 0.355 e. The second-order valence-corrected chi connectivity index (χ2v) is 8.19. The van der Waals surface area contributed by atoms with Gasteiger partial charge in [0.25, 0.3) is 0 Å². The smallest absolute Gasteiger partial charge is 0.355 e. The van der Waals surface area contributed by atoms with Crippen LogP contribution in [0.15, 0.2) is 35.7 Å². The van der Waals surface area contributed by atoms with Crippen LogP contribution in [0, 0.1) is 6.92 Å².